The fourth-order valence-electron chi connectivity index (χ4n) is 8.38. The van der Waals surface area contributed by atoms with Crippen molar-refractivity contribution in [3.63, 3.8) is 0 Å². The fraction of sp³-hybridized carbons (Fsp3) is 0.889. The number of hydrogen-bond donors (Lipinski definition) is 1. The Morgan fingerprint density at radius 3 is 2.59 bits per heavy atom. The largest absolute Gasteiger partial charge is 0.393 e. The van der Waals surface area contributed by atoms with E-state index >= 15 is 0 Å². The van der Waals surface area contributed by atoms with E-state index in [4.69, 9.17) is 0 Å². The summed E-state index contributed by atoms with van der Waals surface area (Å²) in [5.74, 6) is 4.08. The Balaban J connectivity index is 1.54. The molecule has 3 fully saturated rings. The maximum absolute atomic E-state index is 13.4. The second kappa shape index (κ2) is 7.81. The average molecular weight is 401 g/mol. The first-order valence-corrected chi connectivity index (χ1v) is 12.6. The zero-order valence-electron chi connectivity index (χ0n) is 19.5. The molecule has 0 radical (unpaired) electrons. The maximum Gasteiger partial charge on any atom is 0.137 e. The number of rotatable bonds is 5. The standard InChI is InChI=1S/C27H44O2/c1-17(2)7-6-8-18(3)23-16-24(29)25-21-10-9-19-15-20(28)11-13-26(19,4)22(21)12-14-27(23,25)5/h9,17-18,20-23,25,28H,6-8,10-16H2,1-5H3/t18-,20+,21-,22+,23-,25-,26+,27-/m1/s1. The Bertz CT molecular complexity index is 663. The summed E-state index contributed by atoms with van der Waals surface area (Å²) in [4.78, 5) is 13.4. The van der Waals surface area contributed by atoms with Crippen molar-refractivity contribution >= 4 is 5.78 Å². The molecule has 3 saturated carbocycles. The lowest BCUT2D eigenvalue weighted by molar-refractivity contribution is -0.130. The molecule has 0 bridgehead atoms. The number of Topliss-reactive ketones (excluding diaryl/α,β-unsaturated/α-hetero) is 1. The topological polar surface area (TPSA) is 37.3 Å². The Kier molecular flexibility index (Phi) is 5.82. The highest BCUT2D eigenvalue weighted by molar-refractivity contribution is 5.85. The Morgan fingerprint density at radius 2 is 1.86 bits per heavy atom. The van der Waals surface area contributed by atoms with E-state index in [9.17, 15) is 9.90 Å². The SMILES string of the molecule is CC(C)CCC[C@@H](C)[C@H]1CC(=O)[C@H]2[C@@H]3CC=C4C[C@@H](O)CC[C@]4(C)[C@H]3CC[C@]12C. The number of hydrogen-bond acceptors (Lipinski definition) is 2. The van der Waals surface area contributed by atoms with Crippen molar-refractivity contribution in [1.82, 2.24) is 0 Å². The van der Waals surface area contributed by atoms with Gasteiger partial charge in [0, 0.05) is 12.3 Å². The molecule has 4 aliphatic rings. The van der Waals surface area contributed by atoms with Crippen molar-refractivity contribution in [2.24, 2.45) is 46.3 Å². The zero-order valence-corrected chi connectivity index (χ0v) is 19.5. The molecule has 4 rings (SSSR count). The van der Waals surface area contributed by atoms with Crippen LogP contribution >= 0.6 is 0 Å². The van der Waals surface area contributed by atoms with Gasteiger partial charge in [0.1, 0.15) is 5.78 Å². The Morgan fingerprint density at radius 1 is 1.10 bits per heavy atom. The van der Waals surface area contributed by atoms with Crippen molar-refractivity contribution in [3.05, 3.63) is 11.6 Å². The van der Waals surface area contributed by atoms with Crippen LogP contribution in [0.15, 0.2) is 11.6 Å². The van der Waals surface area contributed by atoms with Crippen LogP contribution in [0.4, 0.5) is 0 Å². The van der Waals surface area contributed by atoms with Gasteiger partial charge in [0.25, 0.3) is 0 Å². The zero-order chi connectivity index (χ0) is 21.0. The van der Waals surface area contributed by atoms with E-state index in [0.29, 0.717) is 29.5 Å². The van der Waals surface area contributed by atoms with Crippen LogP contribution in [0.2, 0.25) is 0 Å². The number of aliphatic hydroxyl groups is 1. The lowest BCUT2D eigenvalue weighted by Crippen LogP contribution is -2.52. The van der Waals surface area contributed by atoms with Gasteiger partial charge in [0.05, 0.1) is 6.10 Å². The van der Waals surface area contributed by atoms with E-state index in [0.717, 1.165) is 38.0 Å². The minimum atomic E-state index is -0.149. The molecule has 2 nitrogen and oxygen atoms in total. The van der Waals surface area contributed by atoms with Gasteiger partial charge in [0.15, 0.2) is 0 Å². The third-order valence-corrected chi connectivity index (χ3v) is 10.0. The summed E-state index contributed by atoms with van der Waals surface area (Å²) in [6.07, 6.45) is 13.5. The van der Waals surface area contributed by atoms with E-state index in [2.05, 4.69) is 40.7 Å². The molecule has 0 aromatic rings. The van der Waals surface area contributed by atoms with Crippen LogP contribution in [0.5, 0.6) is 0 Å². The highest BCUT2D eigenvalue weighted by atomic mass is 16.3. The first kappa shape index (κ1) is 21.6. The quantitative estimate of drug-likeness (QED) is 0.530. The normalized spacial score (nSPS) is 45.4. The predicted octanol–water partition coefficient (Wildman–Crippen LogP) is 6.57. The average Bonchev–Trinajstić information content (AvgIpc) is 2.93. The lowest BCUT2D eigenvalue weighted by Gasteiger charge is -2.57. The molecule has 0 aromatic carbocycles. The van der Waals surface area contributed by atoms with Crippen LogP contribution in [-0.4, -0.2) is 17.0 Å². The second-order valence-corrected chi connectivity index (χ2v) is 12.2. The summed E-state index contributed by atoms with van der Waals surface area (Å²) in [6.45, 7) is 12.0. The van der Waals surface area contributed by atoms with Gasteiger partial charge in [-0.15, -0.1) is 0 Å². The van der Waals surface area contributed by atoms with Gasteiger partial charge in [-0.1, -0.05) is 65.5 Å². The summed E-state index contributed by atoms with van der Waals surface area (Å²) >= 11 is 0. The van der Waals surface area contributed by atoms with Crippen LogP contribution in [0.1, 0.15) is 98.8 Å². The van der Waals surface area contributed by atoms with Crippen molar-refractivity contribution < 1.29 is 9.90 Å². The molecule has 0 heterocycles. The van der Waals surface area contributed by atoms with Gasteiger partial charge in [-0.2, -0.15) is 0 Å². The van der Waals surface area contributed by atoms with Crippen LogP contribution < -0.4 is 0 Å². The fourth-order valence-corrected chi connectivity index (χ4v) is 8.38. The summed E-state index contributed by atoms with van der Waals surface area (Å²) in [5, 5.41) is 10.2. The number of aliphatic hydroxyl groups excluding tert-OH is 1. The molecule has 0 amide bonds. The van der Waals surface area contributed by atoms with Gasteiger partial charge in [-0.05, 0) is 78.9 Å². The van der Waals surface area contributed by atoms with Crippen molar-refractivity contribution in [3.8, 4) is 0 Å². The molecular formula is C27H44O2. The van der Waals surface area contributed by atoms with Gasteiger partial charge >= 0.3 is 0 Å². The molecule has 0 spiro atoms. The summed E-state index contributed by atoms with van der Waals surface area (Å²) < 4.78 is 0. The summed E-state index contributed by atoms with van der Waals surface area (Å²) in [5.41, 5.74) is 1.95. The molecule has 0 aromatic heterocycles. The molecule has 1 N–H and O–H groups in total. The molecular weight excluding hydrogens is 356 g/mol. The van der Waals surface area contributed by atoms with E-state index < -0.39 is 0 Å². The van der Waals surface area contributed by atoms with Gasteiger partial charge in [-0.3, -0.25) is 4.79 Å². The monoisotopic (exact) mass is 400 g/mol. The third kappa shape index (κ3) is 3.56. The predicted molar refractivity (Wildman–Crippen MR) is 119 cm³/mol. The van der Waals surface area contributed by atoms with Gasteiger partial charge in [-0.25, -0.2) is 0 Å². The first-order chi connectivity index (χ1) is 13.7. The summed E-state index contributed by atoms with van der Waals surface area (Å²) in [6, 6.07) is 0. The number of fused-ring (bicyclic) bond motifs is 5. The molecule has 164 valence electrons. The minimum absolute atomic E-state index is 0.149. The van der Waals surface area contributed by atoms with Crippen LogP contribution in [0.3, 0.4) is 0 Å². The smallest absolute Gasteiger partial charge is 0.137 e. The highest BCUT2D eigenvalue weighted by Crippen LogP contribution is 2.66. The second-order valence-electron chi connectivity index (χ2n) is 12.2. The molecule has 2 heteroatoms. The highest BCUT2D eigenvalue weighted by Gasteiger charge is 2.62. The number of ketones is 1. The van der Waals surface area contributed by atoms with Gasteiger partial charge < -0.3 is 5.11 Å². The Labute approximate surface area is 178 Å². The van der Waals surface area contributed by atoms with E-state index in [1.54, 1.807) is 0 Å². The number of allylic oxidation sites excluding steroid dienone is 1. The van der Waals surface area contributed by atoms with Gasteiger partial charge in [0.2, 0.25) is 0 Å². The van der Waals surface area contributed by atoms with Crippen molar-refractivity contribution in [2.45, 2.75) is 105 Å². The molecule has 0 unspecified atom stereocenters. The van der Waals surface area contributed by atoms with Crippen LogP contribution in [0, 0.1) is 46.3 Å². The molecule has 29 heavy (non-hydrogen) atoms. The van der Waals surface area contributed by atoms with Crippen LogP contribution in [-0.2, 0) is 4.79 Å². The van der Waals surface area contributed by atoms with Crippen molar-refractivity contribution in [1.29, 1.82) is 0 Å². The Hall–Kier alpha value is -0.630. The lowest BCUT2D eigenvalue weighted by atomic mass is 9.47. The first-order valence-electron chi connectivity index (χ1n) is 12.6. The molecule has 8 atom stereocenters. The van der Waals surface area contributed by atoms with E-state index in [1.165, 1.54) is 37.7 Å². The number of carbonyl (C=O) groups is 1. The number of carbonyl (C=O) groups excluding carboxylic acids is 1. The molecule has 0 saturated heterocycles. The van der Waals surface area contributed by atoms with Crippen LogP contribution in [0.25, 0.3) is 0 Å². The van der Waals surface area contributed by atoms with Crippen molar-refractivity contribution in [2.75, 3.05) is 0 Å². The third-order valence-electron chi connectivity index (χ3n) is 10.0. The summed E-state index contributed by atoms with van der Waals surface area (Å²) in [7, 11) is 0. The molecule has 4 aliphatic carbocycles. The minimum Gasteiger partial charge on any atom is -0.393 e. The maximum atomic E-state index is 13.4. The van der Waals surface area contributed by atoms with E-state index in [-0.39, 0.29) is 22.9 Å². The van der Waals surface area contributed by atoms with E-state index in [1.807, 2.05) is 0 Å². The molecule has 0 aliphatic heterocycles.